The molecule has 0 spiro atoms. The number of nitrogens with zero attached hydrogens (tertiary/aromatic N) is 1. The van der Waals surface area contributed by atoms with Crippen molar-refractivity contribution < 1.29 is 14.7 Å². The number of carboxylic acid groups (broad SMARTS) is 1. The van der Waals surface area contributed by atoms with Crippen molar-refractivity contribution in [2.24, 2.45) is 0 Å². The van der Waals surface area contributed by atoms with Gasteiger partial charge in [0.2, 0.25) is 0 Å². The van der Waals surface area contributed by atoms with Crippen molar-refractivity contribution in [3.63, 3.8) is 0 Å². The fraction of sp³-hybridized carbons (Fsp3) is 0.867. The van der Waals surface area contributed by atoms with Crippen molar-refractivity contribution in [1.82, 2.24) is 10.2 Å². The van der Waals surface area contributed by atoms with E-state index in [1.807, 2.05) is 20.8 Å². The first-order valence-corrected chi connectivity index (χ1v) is 7.64. The zero-order chi connectivity index (χ0) is 15.8. The maximum absolute atomic E-state index is 12.4. The first kappa shape index (κ1) is 18.7. The quantitative estimate of drug-likeness (QED) is 0.683. The molecule has 2 N–H and O–H groups in total. The number of rotatable bonds is 9. The van der Waals surface area contributed by atoms with Crippen LogP contribution in [-0.4, -0.2) is 40.1 Å². The van der Waals surface area contributed by atoms with Crippen molar-refractivity contribution >= 4 is 12.0 Å². The molecule has 5 heteroatoms. The summed E-state index contributed by atoms with van der Waals surface area (Å²) in [5, 5.41) is 12.0. The van der Waals surface area contributed by atoms with Crippen LogP contribution in [0.2, 0.25) is 0 Å². The monoisotopic (exact) mass is 286 g/mol. The molecule has 0 saturated carbocycles. The van der Waals surface area contributed by atoms with E-state index in [4.69, 9.17) is 0 Å². The largest absolute Gasteiger partial charge is 0.480 e. The Bertz CT molecular complexity index is 320. The van der Waals surface area contributed by atoms with E-state index in [-0.39, 0.29) is 12.1 Å². The maximum Gasteiger partial charge on any atom is 0.329 e. The van der Waals surface area contributed by atoms with Crippen LogP contribution in [0.3, 0.4) is 0 Å². The Morgan fingerprint density at radius 2 is 1.85 bits per heavy atom. The van der Waals surface area contributed by atoms with Crippen LogP contribution in [0.15, 0.2) is 0 Å². The first-order chi connectivity index (χ1) is 9.32. The van der Waals surface area contributed by atoms with Gasteiger partial charge in [0, 0.05) is 12.6 Å². The number of aliphatic carboxylic acids is 1. The molecule has 0 aliphatic rings. The molecule has 2 amide bonds. The first-order valence-electron chi connectivity index (χ1n) is 7.64. The van der Waals surface area contributed by atoms with Gasteiger partial charge in [-0.25, -0.2) is 9.59 Å². The predicted molar refractivity (Wildman–Crippen MR) is 80.8 cm³/mol. The molecule has 0 heterocycles. The minimum atomic E-state index is -1.19. The third kappa shape index (κ3) is 5.39. The molecule has 2 unspecified atom stereocenters. The van der Waals surface area contributed by atoms with E-state index in [9.17, 15) is 14.7 Å². The molecule has 20 heavy (non-hydrogen) atoms. The predicted octanol–water partition coefficient (Wildman–Crippen LogP) is 3.24. The highest BCUT2D eigenvalue weighted by Gasteiger charge is 2.35. The molecule has 0 bridgehead atoms. The highest BCUT2D eigenvalue weighted by Crippen LogP contribution is 2.15. The highest BCUT2D eigenvalue weighted by atomic mass is 16.4. The van der Waals surface area contributed by atoms with Gasteiger partial charge < -0.3 is 15.3 Å². The van der Waals surface area contributed by atoms with E-state index < -0.39 is 11.5 Å². The third-order valence-corrected chi connectivity index (χ3v) is 3.74. The van der Waals surface area contributed by atoms with Crippen LogP contribution in [0.5, 0.6) is 0 Å². The van der Waals surface area contributed by atoms with Crippen LogP contribution in [0.4, 0.5) is 4.79 Å². The molecule has 0 radical (unpaired) electrons. The van der Waals surface area contributed by atoms with Crippen molar-refractivity contribution in [1.29, 1.82) is 0 Å². The lowest BCUT2D eigenvalue weighted by molar-refractivity contribution is -0.144. The molecular weight excluding hydrogens is 256 g/mol. The number of unbranched alkanes of at least 4 members (excludes halogenated alkanes) is 1. The summed E-state index contributed by atoms with van der Waals surface area (Å²) >= 11 is 0. The summed E-state index contributed by atoms with van der Waals surface area (Å²) in [5.41, 5.74) is -1.19. The zero-order valence-electron chi connectivity index (χ0n) is 13.5. The number of urea groups is 1. The van der Waals surface area contributed by atoms with Crippen LogP contribution >= 0.6 is 0 Å². The van der Waals surface area contributed by atoms with Crippen LogP contribution in [-0.2, 0) is 4.79 Å². The second-order valence-electron chi connectivity index (χ2n) is 5.62. The summed E-state index contributed by atoms with van der Waals surface area (Å²) in [6.45, 7) is 10.2. The average molecular weight is 286 g/mol. The number of nitrogens with one attached hydrogen (secondary N) is 1. The normalized spacial score (nSPS) is 15.2. The number of carbonyl (C=O) groups is 2. The molecule has 0 aromatic heterocycles. The van der Waals surface area contributed by atoms with Gasteiger partial charge in [0.1, 0.15) is 5.54 Å². The summed E-state index contributed by atoms with van der Waals surface area (Å²) in [4.78, 5) is 25.5. The Morgan fingerprint density at radius 1 is 1.25 bits per heavy atom. The summed E-state index contributed by atoms with van der Waals surface area (Å²) in [5.74, 6) is -0.979. The molecule has 0 aromatic rings. The van der Waals surface area contributed by atoms with E-state index in [2.05, 4.69) is 12.2 Å². The van der Waals surface area contributed by atoms with Gasteiger partial charge in [-0.05, 0) is 33.1 Å². The van der Waals surface area contributed by atoms with Crippen molar-refractivity contribution in [2.45, 2.75) is 78.3 Å². The van der Waals surface area contributed by atoms with Crippen molar-refractivity contribution in [2.75, 3.05) is 6.54 Å². The van der Waals surface area contributed by atoms with Crippen molar-refractivity contribution in [3.05, 3.63) is 0 Å². The Balaban J connectivity index is 4.91. The molecule has 0 aliphatic carbocycles. The molecule has 2 atom stereocenters. The van der Waals surface area contributed by atoms with E-state index in [0.717, 1.165) is 19.3 Å². The molecule has 0 aliphatic heterocycles. The summed E-state index contributed by atoms with van der Waals surface area (Å²) in [6.07, 6.45) is 3.92. The summed E-state index contributed by atoms with van der Waals surface area (Å²) in [7, 11) is 0. The fourth-order valence-electron chi connectivity index (χ4n) is 2.10. The van der Waals surface area contributed by atoms with Gasteiger partial charge in [-0.15, -0.1) is 0 Å². The molecular formula is C15H30N2O3. The Kier molecular flexibility index (Phi) is 8.26. The van der Waals surface area contributed by atoms with Gasteiger partial charge in [-0.3, -0.25) is 0 Å². The number of amides is 2. The van der Waals surface area contributed by atoms with Gasteiger partial charge in [0.25, 0.3) is 0 Å². The number of carbonyl (C=O) groups excluding carboxylic acids is 1. The fourth-order valence-corrected chi connectivity index (χ4v) is 2.10. The number of carboxylic acids is 1. The lowest BCUT2D eigenvalue weighted by Crippen LogP contribution is -2.57. The van der Waals surface area contributed by atoms with Crippen LogP contribution < -0.4 is 5.32 Å². The lowest BCUT2D eigenvalue weighted by atomic mass is 9.96. The SMILES string of the molecule is CCCCN(C(=O)NC(C)(CCC)C(=O)O)C(C)CC. The lowest BCUT2D eigenvalue weighted by Gasteiger charge is -2.33. The van der Waals surface area contributed by atoms with Gasteiger partial charge in [-0.2, -0.15) is 0 Å². The summed E-state index contributed by atoms with van der Waals surface area (Å²) in [6, 6.07) is -0.160. The van der Waals surface area contributed by atoms with Gasteiger partial charge >= 0.3 is 12.0 Å². The Morgan fingerprint density at radius 3 is 2.25 bits per heavy atom. The van der Waals surface area contributed by atoms with Crippen molar-refractivity contribution in [3.8, 4) is 0 Å². The number of hydrogen-bond acceptors (Lipinski definition) is 2. The van der Waals surface area contributed by atoms with E-state index in [1.165, 1.54) is 0 Å². The van der Waals surface area contributed by atoms with Crippen LogP contribution in [0.25, 0.3) is 0 Å². The minimum Gasteiger partial charge on any atom is -0.480 e. The second-order valence-corrected chi connectivity index (χ2v) is 5.62. The van der Waals surface area contributed by atoms with E-state index in [1.54, 1.807) is 11.8 Å². The van der Waals surface area contributed by atoms with E-state index >= 15 is 0 Å². The smallest absolute Gasteiger partial charge is 0.329 e. The maximum atomic E-state index is 12.4. The Hall–Kier alpha value is -1.26. The Labute approximate surface area is 122 Å². The van der Waals surface area contributed by atoms with Crippen LogP contribution in [0.1, 0.15) is 66.7 Å². The average Bonchev–Trinajstić information content (AvgIpc) is 2.38. The molecule has 0 rings (SSSR count). The molecule has 5 nitrogen and oxygen atoms in total. The topological polar surface area (TPSA) is 69.6 Å². The summed E-state index contributed by atoms with van der Waals surface area (Å²) < 4.78 is 0. The molecule has 0 fully saturated rings. The molecule has 118 valence electrons. The minimum absolute atomic E-state index is 0.112. The standard InChI is InChI=1S/C15H30N2O3/c1-6-9-11-17(12(4)8-3)14(20)16-15(5,10-7-2)13(18)19/h12H,6-11H2,1-5H3,(H,16,20)(H,18,19). The zero-order valence-corrected chi connectivity index (χ0v) is 13.5. The van der Waals surface area contributed by atoms with E-state index in [0.29, 0.717) is 19.4 Å². The number of hydrogen-bond donors (Lipinski definition) is 2. The molecule has 0 aromatic carbocycles. The highest BCUT2D eigenvalue weighted by molar-refractivity contribution is 5.86. The van der Waals surface area contributed by atoms with Crippen LogP contribution in [0, 0.1) is 0 Å². The molecule has 0 saturated heterocycles. The second kappa shape index (κ2) is 8.82. The van der Waals surface area contributed by atoms with Gasteiger partial charge in [0.15, 0.2) is 0 Å². The van der Waals surface area contributed by atoms with Gasteiger partial charge in [-0.1, -0.05) is 33.6 Å². The van der Waals surface area contributed by atoms with Gasteiger partial charge in [0.05, 0.1) is 0 Å². The third-order valence-electron chi connectivity index (χ3n) is 3.74.